The molecule has 0 atom stereocenters. The third kappa shape index (κ3) is 1.81. The maximum absolute atomic E-state index is 9.05. The van der Waals surface area contributed by atoms with Gasteiger partial charge in [0.05, 0.1) is 28.4 Å². The van der Waals surface area contributed by atoms with Crippen molar-refractivity contribution < 1.29 is 0 Å². The maximum Gasteiger partial charge on any atom is 0.205 e. The summed E-state index contributed by atoms with van der Waals surface area (Å²) in [6.07, 6.45) is 0. The van der Waals surface area contributed by atoms with Crippen molar-refractivity contribution in [2.24, 2.45) is 0 Å². The first-order valence-electron chi connectivity index (χ1n) is 6.36. The van der Waals surface area contributed by atoms with Crippen molar-refractivity contribution in [2.75, 3.05) is 5.73 Å². The second kappa shape index (κ2) is 4.39. The molecule has 2 aromatic carbocycles. The average Bonchev–Trinajstić information content (AvgIpc) is 2.74. The molecule has 0 saturated heterocycles. The van der Waals surface area contributed by atoms with Gasteiger partial charge in [0.1, 0.15) is 0 Å². The van der Waals surface area contributed by atoms with Crippen molar-refractivity contribution in [1.82, 2.24) is 9.55 Å². The van der Waals surface area contributed by atoms with Crippen LogP contribution >= 0.6 is 0 Å². The summed E-state index contributed by atoms with van der Waals surface area (Å²) in [5.74, 6) is 0.432. The highest BCUT2D eigenvalue weighted by atomic mass is 15.2. The van der Waals surface area contributed by atoms with Gasteiger partial charge in [-0.1, -0.05) is 17.7 Å². The lowest BCUT2D eigenvalue weighted by atomic mass is 10.1. The number of aryl methyl sites for hydroxylation is 2. The molecule has 0 fully saturated rings. The monoisotopic (exact) mass is 262 g/mol. The molecule has 20 heavy (non-hydrogen) atoms. The van der Waals surface area contributed by atoms with Gasteiger partial charge < -0.3 is 5.73 Å². The van der Waals surface area contributed by atoms with Crippen LogP contribution in [0.15, 0.2) is 36.4 Å². The van der Waals surface area contributed by atoms with Crippen molar-refractivity contribution >= 4 is 17.0 Å². The number of hydrogen-bond donors (Lipinski definition) is 1. The molecule has 1 aromatic heterocycles. The van der Waals surface area contributed by atoms with E-state index < -0.39 is 0 Å². The Bertz CT molecular complexity index is 853. The number of aromatic nitrogens is 2. The summed E-state index contributed by atoms with van der Waals surface area (Å²) in [5, 5.41) is 9.05. The van der Waals surface area contributed by atoms with E-state index in [1.165, 1.54) is 5.56 Å². The summed E-state index contributed by atoms with van der Waals surface area (Å²) in [4.78, 5) is 4.36. The molecule has 0 amide bonds. The van der Waals surface area contributed by atoms with Crippen LogP contribution in [-0.4, -0.2) is 9.55 Å². The molecule has 0 aliphatic carbocycles. The van der Waals surface area contributed by atoms with Crippen molar-refractivity contribution in [1.29, 1.82) is 5.26 Å². The summed E-state index contributed by atoms with van der Waals surface area (Å²) >= 11 is 0. The topological polar surface area (TPSA) is 67.6 Å². The molecule has 3 rings (SSSR count). The Hall–Kier alpha value is -2.80. The minimum atomic E-state index is 0.432. The third-order valence-corrected chi connectivity index (χ3v) is 3.40. The van der Waals surface area contributed by atoms with Crippen LogP contribution in [0.3, 0.4) is 0 Å². The van der Waals surface area contributed by atoms with Gasteiger partial charge in [-0.3, -0.25) is 4.57 Å². The highest BCUT2D eigenvalue weighted by molar-refractivity contribution is 5.82. The van der Waals surface area contributed by atoms with Gasteiger partial charge in [-0.25, -0.2) is 4.98 Å². The van der Waals surface area contributed by atoms with Gasteiger partial charge in [0.25, 0.3) is 0 Å². The molecule has 3 aromatic rings. The van der Waals surface area contributed by atoms with Gasteiger partial charge in [-0.15, -0.1) is 0 Å². The minimum Gasteiger partial charge on any atom is -0.369 e. The SMILES string of the molecule is Cc1ccc(-n2c(N)nc3ccc(C#N)cc32)c(C)c1. The first-order valence-corrected chi connectivity index (χ1v) is 6.36. The van der Waals surface area contributed by atoms with Crippen LogP contribution in [0, 0.1) is 25.2 Å². The molecule has 2 N–H and O–H groups in total. The van der Waals surface area contributed by atoms with Crippen LogP contribution < -0.4 is 5.73 Å². The zero-order valence-corrected chi connectivity index (χ0v) is 11.4. The van der Waals surface area contributed by atoms with Crippen LogP contribution in [0.1, 0.15) is 16.7 Å². The predicted molar refractivity (Wildman–Crippen MR) is 79.7 cm³/mol. The fourth-order valence-corrected chi connectivity index (χ4v) is 2.47. The number of anilines is 1. The Morgan fingerprint density at radius 2 is 1.95 bits per heavy atom. The molecule has 98 valence electrons. The number of rotatable bonds is 1. The summed E-state index contributed by atoms with van der Waals surface area (Å²) in [7, 11) is 0. The van der Waals surface area contributed by atoms with Gasteiger partial charge >= 0.3 is 0 Å². The molecule has 4 nitrogen and oxygen atoms in total. The van der Waals surface area contributed by atoms with E-state index in [-0.39, 0.29) is 0 Å². The van der Waals surface area contributed by atoms with Crippen LogP contribution in [0.5, 0.6) is 0 Å². The Morgan fingerprint density at radius 3 is 2.65 bits per heavy atom. The summed E-state index contributed by atoms with van der Waals surface area (Å²) < 4.78 is 1.89. The van der Waals surface area contributed by atoms with E-state index in [9.17, 15) is 0 Å². The molecule has 0 unspecified atom stereocenters. The van der Waals surface area contributed by atoms with Crippen molar-refractivity contribution in [3.8, 4) is 11.8 Å². The number of imidazole rings is 1. The molecule has 0 aliphatic heterocycles. The molecule has 0 saturated carbocycles. The van der Waals surface area contributed by atoms with Crippen molar-refractivity contribution in [3.05, 3.63) is 53.1 Å². The molecule has 4 heteroatoms. The van der Waals surface area contributed by atoms with Crippen LogP contribution in [0.4, 0.5) is 5.95 Å². The standard InChI is InChI=1S/C16H14N4/c1-10-3-6-14(11(2)7-10)20-15-8-12(9-17)4-5-13(15)19-16(20)18/h3-8H,1-2H3,(H2,18,19). The molecule has 0 aliphatic rings. The van der Waals surface area contributed by atoms with Crippen LogP contribution in [0.2, 0.25) is 0 Å². The fourth-order valence-electron chi connectivity index (χ4n) is 2.47. The molecule has 0 radical (unpaired) electrons. The summed E-state index contributed by atoms with van der Waals surface area (Å²) in [5.41, 5.74) is 11.6. The minimum absolute atomic E-state index is 0.432. The quantitative estimate of drug-likeness (QED) is 0.732. The Labute approximate surface area is 117 Å². The number of nitriles is 1. The third-order valence-electron chi connectivity index (χ3n) is 3.40. The van der Waals surface area contributed by atoms with Crippen molar-refractivity contribution in [2.45, 2.75) is 13.8 Å². The zero-order valence-electron chi connectivity index (χ0n) is 11.4. The van der Waals surface area contributed by atoms with E-state index in [0.717, 1.165) is 22.3 Å². The number of fused-ring (bicyclic) bond motifs is 1. The maximum atomic E-state index is 9.05. The number of nitrogens with zero attached hydrogens (tertiary/aromatic N) is 3. The summed E-state index contributed by atoms with van der Waals surface area (Å²) in [6, 6.07) is 13.7. The van der Waals surface area contributed by atoms with E-state index in [2.05, 4.69) is 24.0 Å². The molecule has 0 spiro atoms. The molecular formula is C16H14N4. The Kier molecular flexibility index (Phi) is 2.69. The normalized spacial score (nSPS) is 10.7. The number of hydrogen-bond acceptors (Lipinski definition) is 3. The lowest BCUT2D eigenvalue weighted by molar-refractivity contribution is 1.09. The summed E-state index contributed by atoms with van der Waals surface area (Å²) in [6.45, 7) is 4.10. The lowest BCUT2D eigenvalue weighted by Crippen LogP contribution is -2.02. The van der Waals surface area contributed by atoms with Gasteiger partial charge in [0, 0.05) is 0 Å². The molecular weight excluding hydrogens is 248 g/mol. The van der Waals surface area contributed by atoms with E-state index in [1.807, 2.05) is 35.8 Å². The van der Waals surface area contributed by atoms with Crippen LogP contribution in [-0.2, 0) is 0 Å². The average molecular weight is 262 g/mol. The van der Waals surface area contributed by atoms with Crippen molar-refractivity contribution in [3.63, 3.8) is 0 Å². The lowest BCUT2D eigenvalue weighted by Gasteiger charge is -2.10. The fraction of sp³-hybridized carbons (Fsp3) is 0.125. The van der Waals surface area contributed by atoms with Gasteiger partial charge in [-0.05, 0) is 43.7 Å². The second-order valence-electron chi connectivity index (χ2n) is 4.91. The second-order valence-corrected chi connectivity index (χ2v) is 4.91. The molecule has 1 heterocycles. The highest BCUT2D eigenvalue weighted by Crippen LogP contribution is 2.26. The van der Waals surface area contributed by atoms with Gasteiger partial charge in [-0.2, -0.15) is 5.26 Å². The van der Waals surface area contributed by atoms with E-state index in [0.29, 0.717) is 11.5 Å². The van der Waals surface area contributed by atoms with Crippen LogP contribution in [0.25, 0.3) is 16.7 Å². The number of benzene rings is 2. The zero-order chi connectivity index (χ0) is 14.3. The Balaban J connectivity index is 2.35. The number of nitrogens with two attached hydrogens (primary N) is 1. The Morgan fingerprint density at radius 1 is 1.15 bits per heavy atom. The largest absolute Gasteiger partial charge is 0.369 e. The smallest absolute Gasteiger partial charge is 0.205 e. The molecule has 0 bridgehead atoms. The predicted octanol–water partition coefficient (Wildman–Crippen LogP) is 3.10. The first-order chi connectivity index (χ1) is 9.60. The number of nitrogen functional groups attached to an aromatic ring is 1. The highest BCUT2D eigenvalue weighted by Gasteiger charge is 2.12. The van der Waals surface area contributed by atoms with E-state index >= 15 is 0 Å². The first kappa shape index (κ1) is 12.2. The van der Waals surface area contributed by atoms with E-state index in [1.54, 1.807) is 6.07 Å². The van der Waals surface area contributed by atoms with Gasteiger partial charge in [0.2, 0.25) is 5.95 Å². The van der Waals surface area contributed by atoms with E-state index in [4.69, 9.17) is 11.0 Å². The van der Waals surface area contributed by atoms with Gasteiger partial charge in [0.15, 0.2) is 0 Å².